The van der Waals surface area contributed by atoms with Crippen LogP contribution in [0.25, 0.3) is 0 Å². The van der Waals surface area contributed by atoms with Gasteiger partial charge in [-0.2, -0.15) is 4.98 Å². The molecule has 0 radical (unpaired) electrons. The van der Waals surface area contributed by atoms with Crippen molar-refractivity contribution >= 4 is 11.9 Å². The normalized spacial score (nSPS) is 19.6. The summed E-state index contributed by atoms with van der Waals surface area (Å²) in [5, 5.41) is 7.70. The topological polar surface area (TPSA) is 68.8 Å². The van der Waals surface area contributed by atoms with Crippen molar-refractivity contribution in [3.05, 3.63) is 71.0 Å². The molecule has 6 heteroatoms. The first-order valence-corrected chi connectivity index (χ1v) is 7.91. The van der Waals surface area contributed by atoms with Crippen LogP contribution in [-0.2, 0) is 0 Å². The smallest absolute Gasteiger partial charge is 0.241 e. The zero-order valence-corrected chi connectivity index (χ0v) is 13.3. The van der Waals surface area contributed by atoms with Crippen molar-refractivity contribution in [3.63, 3.8) is 0 Å². The molecule has 0 saturated carbocycles. The van der Waals surface area contributed by atoms with E-state index in [1.54, 1.807) is 12.1 Å². The van der Waals surface area contributed by atoms with Gasteiger partial charge >= 0.3 is 0 Å². The summed E-state index contributed by atoms with van der Waals surface area (Å²) in [4.78, 5) is 4.29. The van der Waals surface area contributed by atoms with Crippen LogP contribution in [0.5, 0.6) is 0 Å². The lowest BCUT2D eigenvalue weighted by molar-refractivity contribution is 0.431. The van der Waals surface area contributed by atoms with Gasteiger partial charge in [0.2, 0.25) is 11.9 Å². The van der Waals surface area contributed by atoms with Gasteiger partial charge in [0.15, 0.2) is 0 Å². The van der Waals surface area contributed by atoms with Crippen LogP contribution >= 0.6 is 0 Å². The minimum Gasteiger partial charge on any atom is -0.366 e. The molecule has 0 fully saturated rings. The third kappa shape index (κ3) is 2.60. The molecule has 2 aromatic carbocycles. The number of aryl methyl sites for hydroxylation is 1. The number of nitrogens with zero attached hydrogens (tertiary/aromatic N) is 3. The molecule has 0 saturated heterocycles. The van der Waals surface area contributed by atoms with Crippen molar-refractivity contribution < 1.29 is 4.39 Å². The summed E-state index contributed by atoms with van der Waals surface area (Å²) >= 11 is 0. The first kappa shape index (κ1) is 14.7. The summed E-state index contributed by atoms with van der Waals surface area (Å²) in [5.41, 5.74) is 9.17. The summed E-state index contributed by atoms with van der Waals surface area (Å²) in [5.74, 6) is 0.645. The molecule has 2 atom stereocenters. The number of hydrogen-bond acceptors (Lipinski definition) is 4. The van der Waals surface area contributed by atoms with Crippen molar-refractivity contribution in [2.45, 2.75) is 25.4 Å². The molecule has 0 amide bonds. The third-order valence-electron chi connectivity index (χ3n) is 4.40. The summed E-state index contributed by atoms with van der Waals surface area (Å²) in [6.07, 6.45) is 0.783. The van der Waals surface area contributed by atoms with Crippen LogP contribution in [0.15, 0.2) is 48.5 Å². The number of halogens is 1. The SMILES string of the molecule is Cc1cccc([C@H]2C[C@H](c3ccc(F)cc3)Nc3nc(N)nn32)c1. The zero-order chi connectivity index (χ0) is 16.7. The maximum Gasteiger partial charge on any atom is 0.241 e. The standard InChI is InChI=1S/C18H18FN5/c1-11-3-2-4-13(9-11)16-10-15(12-5-7-14(19)8-6-12)21-18-22-17(20)23-24(16)18/h2-9,15-16H,10H2,1H3,(H3,20,21,22,23)/t15-,16-/m1/s1. The Morgan fingerprint density at radius 3 is 2.71 bits per heavy atom. The Morgan fingerprint density at radius 2 is 1.96 bits per heavy atom. The number of aromatic nitrogens is 3. The maximum absolute atomic E-state index is 13.2. The van der Waals surface area contributed by atoms with Crippen LogP contribution in [-0.4, -0.2) is 14.8 Å². The van der Waals surface area contributed by atoms with Crippen molar-refractivity contribution in [2.75, 3.05) is 11.1 Å². The minimum absolute atomic E-state index is 0.0206. The summed E-state index contributed by atoms with van der Waals surface area (Å²) < 4.78 is 15.1. The Labute approximate surface area is 139 Å². The van der Waals surface area contributed by atoms with Crippen molar-refractivity contribution in [1.29, 1.82) is 0 Å². The highest BCUT2D eigenvalue weighted by Crippen LogP contribution is 2.38. The van der Waals surface area contributed by atoms with Crippen LogP contribution in [0.3, 0.4) is 0 Å². The second kappa shape index (κ2) is 5.63. The molecule has 3 N–H and O–H groups in total. The molecule has 3 aromatic rings. The largest absolute Gasteiger partial charge is 0.366 e. The van der Waals surface area contributed by atoms with Gasteiger partial charge in [-0.1, -0.05) is 42.0 Å². The summed E-state index contributed by atoms with van der Waals surface area (Å²) in [6.45, 7) is 2.07. The van der Waals surface area contributed by atoms with Gasteiger partial charge < -0.3 is 11.1 Å². The quantitative estimate of drug-likeness (QED) is 0.758. The van der Waals surface area contributed by atoms with E-state index in [0.717, 1.165) is 17.5 Å². The van der Waals surface area contributed by atoms with Crippen LogP contribution in [0.2, 0.25) is 0 Å². The van der Waals surface area contributed by atoms with Crippen molar-refractivity contribution in [1.82, 2.24) is 14.8 Å². The predicted octanol–water partition coefficient (Wildman–Crippen LogP) is 3.45. The van der Waals surface area contributed by atoms with Crippen molar-refractivity contribution in [3.8, 4) is 0 Å². The van der Waals surface area contributed by atoms with Gasteiger partial charge in [-0.05, 0) is 36.6 Å². The van der Waals surface area contributed by atoms with E-state index in [9.17, 15) is 4.39 Å². The second-order valence-corrected chi connectivity index (χ2v) is 6.15. The highest BCUT2D eigenvalue weighted by atomic mass is 19.1. The highest BCUT2D eigenvalue weighted by Gasteiger charge is 2.30. The average molecular weight is 323 g/mol. The molecule has 1 aliphatic rings. The van der Waals surface area contributed by atoms with E-state index in [1.165, 1.54) is 17.7 Å². The lowest BCUT2D eigenvalue weighted by Crippen LogP contribution is -2.28. The second-order valence-electron chi connectivity index (χ2n) is 6.15. The van der Waals surface area contributed by atoms with Gasteiger partial charge in [0.1, 0.15) is 5.82 Å². The van der Waals surface area contributed by atoms with Gasteiger partial charge in [-0.15, -0.1) is 5.10 Å². The van der Waals surface area contributed by atoms with E-state index in [1.807, 2.05) is 10.7 Å². The van der Waals surface area contributed by atoms with Crippen LogP contribution in [0.4, 0.5) is 16.3 Å². The number of nitrogens with two attached hydrogens (primary N) is 1. The highest BCUT2D eigenvalue weighted by molar-refractivity contribution is 5.42. The van der Waals surface area contributed by atoms with Gasteiger partial charge in [-0.25, -0.2) is 9.07 Å². The van der Waals surface area contributed by atoms with E-state index in [0.29, 0.717) is 5.95 Å². The van der Waals surface area contributed by atoms with Crippen LogP contribution in [0.1, 0.15) is 35.2 Å². The predicted molar refractivity (Wildman–Crippen MR) is 91.1 cm³/mol. The molecule has 5 nitrogen and oxygen atoms in total. The number of benzene rings is 2. The van der Waals surface area contributed by atoms with E-state index in [2.05, 4.69) is 40.5 Å². The third-order valence-corrected chi connectivity index (χ3v) is 4.40. The molecule has 24 heavy (non-hydrogen) atoms. The fourth-order valence-corrected chi connectivity index (χ4v) is 3.26. The molecular formula is C18H18FN5. The van der Waals surface area contributed by atoms with Gasteiger partial charge in [0.25, 0.3) is 0 Å². The first-order chi connectivity index (χ1) is 11.6. The first-order valence-electron chi connectivity index (χ1n) is 7.91. The number of rotatable bonds is 2. The molecule has 2 heterocycles. The zero-order valence-electron chi connectivity index (χ0n) is 13.3. The number of nitrogens with one attached hydrogen (secondary N) is 1. The Morgan fingerprint density at radius 1 is 1.17 bits per heavy atom. The monoisotopic (exact) mass is 323 g/mol. The molecule has 122 valence electrons. The van der Waals surface area contributed by atoms with Gasteiger partial charge in [-0.3, -0.25) is 0 Å². The molecule has 0 spiro atoms. The molecular weight excluding hydrogens is 305 g/mol. The fourth-order valence-electron chi connectivity index (χ4n) is 3.26. The lowest BCUT2D eigenvalue weighted by atomic mass is 9.93. The molecule has 0 unspecified atom stereocenters. The summed E-state index contributed by atoms with van der Waals surface area (Å²) in [6, 6.07) is 15.0. The van der Waals surface area contributed by atoms with Crippen LogP contribution < -0.4 is 11.1 Å². The van der Waals surface area contributed by atoms with E-state index in [-0.39, 0.29) is 23.8 Å². The van der Waals surface area contributed by atoms with Gasteiger partial charge in [0, 0.05) is 0 Å². The lowest BCUT2D eigenvalue weighted by Gasteiger charge is -2.31. The van der Waals surface area contributed by atoms with E-state index in [4.69, 9.17) is 5.73 Å². The molecule has 1 aliphatic heterocycles. The van der Waals surface area contributed by atoms with E-state index < -0.39 is 0 Å². The number of anilines is 2. The van der Waals surface area contributed by atoms with Crippen LogP contribution in [0, 0.1) is 12.7 Å². The fraction of sp³-hybridized carbons (Fsp3) is 0.222. The minimum atomic E-state index is -0.239. The Balaban J connectivity index is 1.76. The molecule has 4 rings (SSSR count). The van der Waals surface area contributed by atoms with E-state index >= 15 is 0 Å². The van der Waals surface area contributed by atoms with Crippen molar-refractivity contribution in [2.24, 2.45) is 0 Å². The number of hydrogen-bond donors (Lipinski definition) is 2. The Hall–Kier alpha value is -2.89. The Kier molecular flexibility index (Phi) is 3.45. The molecule has 0 bridgehead atoms. The number of fused-ring (bicyclic) bond motifs is 1. The average Bonchev–Trinajstić information content (AvgIpc) is 2.94. The molecule has 1 aromatic heterocycles. The maximum atomic E-state index is 13.2. The van der Waals surface area contributed by atoms with Gasteiger partial charge in [0.05, 0.1) is 12.1 Å². The molecule has 0 aliphatic carbocycles. The Bertz CT molecular complexity index is 871. The number of nitrogen functional groups attached to an aromatic ring is 1. The summed E-state index contributed by atoms with van der Waals surface area (Å²) in [7, 11) is 0.